The van der Waals surface area contributed by atoms with E-state index >= 15 is 0 Å². The predicted molar refractivity (Wildman–Crippen MR) is 108 cm³/mol. The number of hydrogen-bond acceptors (Lipinski definition) is 4. The van der Waals surface area contributed by atoms with Gasteiger partial charge in [-0.05, 0) is 48.4 Å². The van der Waals surface area contributed by atoms with E-state index in [-0.39, 0.29) is 23.6 Å². The van der Waals surface area contributed by atoms with E-state index in [9.17, 15) is 14.4 Å². The Hall–Kier alpha value is -2.73. The van der Waals surface area contributed by atoms with E-state index in [1.807, 2.05) is 41.4 Å². The molecule has 28 heavy (non-hydrogen) atoms. The quantitative estimate of drug-likeness (QED) is 0.675. The van der Waals surface area contributed by atoms with Crippen LogP contribution >= 0.6 is 15.9 Å². The third-order valence-corrected chi connectivity index (χ3v) is 6.49. The zero-order chi connectivity index (χ0) is 19.6. The van der Waals surface area contributed by atoms with Gasteiger partial charge in [-0.25, -0.2) is 4.90 Å². The number of hydrogen-bond donors (Lipinski definition) is 0. The highest BCUT2D eigenvalue weighted by atomic mass is 79.9. The highest BCUT2D eigenvalue weighted by Gasteiger charge is 2.63. The number of carbonyl (C=O) groups excluding carboxylic acids is 3. The van der Waals surface area contributed by atoms with Crippen LogP contribution in [-0.2, 0) is 14.4 Å². The van der Waals surface area contributed by atoms with Gasteiger partial charge in [0.15, 0.2) is 5.78 Å². The van der Waals surface area contributed by atoms with Crippen molar-refractivity contribution < 1.29 is 14.4 Å². The molecular weight excluding hydrogens is 420 g/mol. The number of rotatable bonds is 2. The highest BCUT2D eigenvalue weighted by Crippen LogP contribution is 2.53. The Kier molecular flexibility index (Phi) is 3.81. The smallest absolute Gasteiger partial charge is 0.240 e. The van der Waals surface area contributed by atoms with Crippen molar-refractivity contribution in [3.8, 4) is 0 Å². The van der Waals surface area contributed by atoms with Gasteiger partial charge in [0.05, 0.1) is 29.6 Å². The summed E-state index contributed by atoms with van der Waals surface area (Å²) in [6.07, 6.45) is 3.81. The first-order chi connectivity index (χ1) is 13.5. The molecule has 3 heterocycles. The standard InChI is InChI=1S/C22H17BrN2O3/c1-12(26)19-17-18(20-16-5-3-2-4-13(16)10-11-24(19)20)22(28)25(21(17)27)15-8-6-14(23)7-9-15/h2-11,17-20H,1H3/t17-,18+,19+,20-/m0/s1. The lowest BCUT2D eigenvalue weighted by Crippen LogP contribution is -2.43. The summed E-state index contributed by atoms with van der Waals surface area (Å²) in [5.74, 6) is -1.87. The third kappa shape index (κ3) is 2.27. The Morgan fingerprint density at radius 1 is 0.964 bits per heavy atom. The largest absolute Gasteiger partial charge is 0.359 e. The molecule has 0 aliphatic carbocycles. The van der Waals surface area contributed by atoms with Gasteiger partial charge in [-0.2, -0.15) is 0 Å². The van der Waals surface area contributed by atoms with Crippen molar-refractivity contribution in [3.05, 3.63) is 70.3 Å². The molecule has 3 aliphatic rings. The molecule has 2 aromatic rings. The number of carbonyl (C=O) groups is 3. The molecule has 0 aromatic heterocycles. The molecule has 0 radical (unpaired) electrons. The van der Waals surface area contributed by atoms with E-state index in [1.54, 1.807) is 24.3 Å². The van der Waals surface area contributed by atoms with Crippen LogP contribution in [0.2, 0.25) is 0 Å². The number of anilines is 1. The fourth-order valence-electron chi connectivity index (χ4n) is 4.87. The molecule has 5 rings (SSSR count). The van der Waals surface area contributed by atoms with Crippen molar-refractivity contribution in [2.45, 2.75) is 19.0 Å². The molecule has 2 amide bonds. The minimum atomic E-state index is -0.672. The molecule has 0 N–H and O–H groups in total. The summed E-state index contributed by atoms with van der Waals surface area (Å²) >= 11 is 3.38. The molecule has 2 saturated heterocycles. The average Bonchev–Trinajstić information content (AvgIpc) is 3.16. The summed E-state index contributed by atoms with van der Waals surface area (Å²) in [5.41, 5.74) is 2.55. The SMILES string of the molecule is CC(=O)[C@@H]1[C@H]2C(=O)N(c3ccc(Br)cc3)C(=O)[C@H]2[C@@H]2c3ccccc3C=CN12. The van der Waals surface area contributed by atoms with Crippen molar-refractivity contribution in [2.75, 3.05) is 4.90 Å². The molecule has 0 bridgehead atoms. The summed E-state index contributed by atoms with van der Waals surface area (Å²) in [4.78, 5) is 42.5. The van der Waals surface area contributed by atoms with Gasteiger partial charge >= 0.3 is 0 Å². The number of imide groups is 1. The first-order valence-electron chi connectivity index (χ1n) is 9.17. The van der Waals surface area contributed by atoms with Crippen LogP contribution in [0.25, 0.3) is 6.08 Å². The van der Waals surface area contributed by atoms with Gasteiger partial charge in [0.2, 0.25) is 11.8 Å². The van der Waals surface area contributed by atoms with Crippen LogP contribution in [0.5, 0.6) is 0 Å². The number of fused-ring (bicyclic) bond motifs is 5. The molecule has 0 spiro atoms. The maximum Gasteiger partial charge on any atom is 0.240 e. The molecule has 2 aromatic carbocycles. The summed E-state index contributed by atoms with van der Waals surface area (Å²) in [7, 11) is 0. The van der Waals surface area contributed by atoms with Gasteiger partial charge in [-0.1, -0.05) is 40.2 Å². The lowest BCUT2D eigenvalue weighted by atomic mass is 9.84. The highest BCUT2D eigenvalue weighted by molar-refractivity contribution is 9.10. The third-order valence-electron chi connectivity index (χ3n) is 5.96. The lowest BCUT2D eigenvalue weighted by Gasteiger charge is -2.34. The van der Waals surface area contributed by atoms with Gasteiger partial charge in [-0.15, -0.1) is 0 Å². The number of amides is 2. The second kappa shape index (κ2) is 6.14. The normalized spacial score (nSPS) is 27.6. The van der Waals surface area contributed by atoms with Gasteiger partial charge in [-0.3, -0.25) is 14.4 Å². The van der Waals surface area contributed by atoms with E-state index in [4.69, 9.17) is 0 Å². The summed E-state index contributed by atoms with van der Waals surface area (Å²) in [6, 6.07) is 14.0. The Bertz CT molecular complexity index is 1050. The van der Waals surface area contributed by atoms with Crippen molar-refractivity contribution >= 4 is 45.3 Å². The number of Topliss-reactive ketones (excluding diaryl/α,β-unsaturated/α-hetero) is 1. The van der Waals surface area contributed by atoms with Gasteiger partial charge in [0, 0.05) is 10.7 Å². The molecule has 3 aliphatic heterocycles. The van der Waals surface area contributed by atoms with Gasteiger partial charge in [0.25, 0.3) is 0 Å². The first kappa shape index (κ1) is 17.4. The van der Waals surface area contributed by atoms with Crippen molar-refractivity contribution in [2.24, 2.45) is 11.8 Å². The van der Waals surface area contributed by atoms with E-state index < -0.39 is 17.9 Å². The summed E-state index contributed by atoms with van der Waals surface area (Å²) < 4.78 is 0.870. The second-order valence-electron chi connectivity index (χ2n) is 7.43. The monoisotopic (exact) mass is 436 g/mol. The molecule has 5 nitrogen and oxygen atoms in total. The minimum Gasteiger partial charge on any atom is -0.359 e. The van der Waals surface area contributed by atoms with Crippen LogP contribution in [0.1, 0.15) is 24.1 Å². The minimum absolute atomic E-state index is 0.0969. The molecule has 4 atom stereocenters. The Morgan fingerprint density at radius 2 is 1.64 bits per heavy atom. The second-order valence-corrected chi connectivity index (χ2v) is 8.35. The summed E-state index contributed by atoms with van der Waals surface area (Å²) in [5, 5.41) is 0. The van der Waals surface area contributed by atoms with Crippen LogP contribution in [0.3, 0.4) is 0 Å². The van der Waals surface area contributed by atoms with Crippen molar-refractivity contribution in [1.29, 1.82) is 0 Å². The number of halogens is 1. The Morgan fingerprint density at radius 3 is 2.36 bits per heavy atom. The fraction of sp³-hybridized carbons (Fsp3) is 0.227. The van der Waals surface area contributed by atoms with E-state index in [2.05, 4.69) is 15.9 Å². The fourth-order valence-corrected chi connectivity index (χ4v) is 5.13. The molecule has 2 fully saturated rings. The topological polar surface area (TPSA) is 57.7 Å². The van der Waals surface area contributed by atoms with Crippen LogP contribution < -0.4 is 4.90 Å². The van der Waals surface area contributed by atoms with Gasteiger partial charge in [0.1, 0.15) is 0 Å². The number of ketones is 1. The predicted octanol–water partition coefficient (Wildman–Crippen LogP) is 3.55. The molecule has 0 saturated carbocycles. The van der Waals surface area contributed by atoms with Crippen LogP contribution in [0.15, 0.2) is 59.2 Å². The number of benzene rings is 2. The maximum absolute atomic E-state index is 13.4. The first-order valence-corrected chi connectivity index (χ1v) is 9.97. The number of nitrogens with zero attached hydrogens (tertiary/aromatic N) is 2. The molecule has 0 unspecified atom stereocenters. The summed E-state index contributed by atoms with van der Waals surface area (Å²) in [6.45, 7) is 1.50. The molecular formula is C22H17BrN2O3. The zero-order valence-electron chi connectivity index (χ0n) is 15.1. The van der Waals surface area contributed by atoms with Crippen LogP contribution in [0, 0.1) is 11.8 Å². The van der Waals surface area contributed by atoms with E-state index in [1.165, 1.54) is 11.8 Å². The Balaban J connectivity index is 1.65. The van der Waals surface area contributed by atoms with E-state index in [0.717, 1.165) is 15.6 Å². The average molecular weight is 437 g/mol. The maximum atomic E-state index is 13.4. The van der Waals surface area contributed by atoms with Crippen LogP contribution in [-0.4, -0.2) is 28.5 Å². The van der Waals surface area contributed by atoms with Crippen molar-refractivity contribution in [3.63, 3.8) is 0 Å². The van der Waals surface area contributed by atoms with Crippen molar-refractivity contribution in [1.82, 2.24) is 4.90 Å². The zero-order valence-corrected chi connectivity index (χ0v) is 16.7. The molecule has 6 heteroatoms. The van der Waals surface area contributed by atoms with Crippen LogP contribution in [0.4, 0.5) is 5.69 Å². The Labute approximate surface area is 170 Å². The molecule has 140 valence electrons. The lowest BCUT2D eigenvalue weighted by molar-refractivity contribution is -0.129. The van der Waals surface area contributed by atoms with E-state index in [0.29, 0.717) is 5.69 Å². The van der Waals surface area contributed by atoms with Gasteiger partial charge < -0.3 is 4.90 Å².